The minimum Gasteiger partial charge on any atom is -0.461 e. The predicted octanol–water partition coefficient (Wildman–Crippen LogP) is 4.87. The quantitative estimate of drug-likeness (QED) is 0.208. The SMILES string of the molecule is CC(=O)O[C@@H]1O[C@@H]([C@@H]2OC2(C)C)C[C@H]1[C@@H]1CC=C2[C@]3(C)[C@H](O)C[C@H]4C(C)(C)OC(=O)C[C@H](OC(C)=O)[C@]4(C)[C@H]3CC[C@]21C. The molecular weight excluding hydrogens is 552 g/mol. The van der Waals surface area contributed by atoms with Crippen LogP contribution >= 0.6 is 0 Å². The van der Waals surface area contributed by atoms with Crippen molar-refractivity contribution in [2.45, 2.75) is 143 Å². The molecule has 3 saturated heterocycles. The molecule has 6 aliphatic rings. The molecule has 12 atom stereocenters. The van der Waals surface area contributed by atoms with Crippen LogP contribution < -0.4 is 0 Å². The van der Waals surface area contributed by atoms with Gasteiger partial charge < -0.3 is 28.8 Å². The fourth-order valence-corrected chi connectivity index (χ4v) is 11.0. The second-order valence-electron chi connectivity index (χ2n) is 16.0. The Hall–Kier alpha value is -1.97. The third-order valence-corrected chi connectivity index (χ3v) is 12.8. The van der Waals surface area contributed by atoms with Gasteiger partial charge in [-0.3, -0.25) is 14.4 Å². The van der Waals surface area contributed by atoms with Crippen LogP contribution in [0.15, 0.2) is 11.6 Å². The first-order valence-corrected chi connectivity index (χ1v) is 16.1. The lowest BCUT2D eigenvalue weighted by molar-refractivity contribution is -0.221. The molecular formula is C34H50O9. The summed E-state index contributed by atoms with van der Waals surface area (Å²) in [7, 11) is 0. The van der Waals surface area contributed by atoms with Crippen LogP contribution in [0.3, 0.4) is 0 Å². The molecule has 3 aliphatic carbocycles. The maximum atomic E-state index is 13.0. The Balaban J connectivity index is 1.36. The monoisotopic (exact) mass is 602 g/mol. The molecule has 0 radical (unpaired) electrons. The summed E-state index contributed by atoms with van der Waals surface area (Å²) in [6.07, 6.45) is 3.83. The molecule has 43 heavy (non-hydrogen) atoms. The van der Waals surface area contributed by atoms with E-state index in [1.165, 1.54) is 19.4 Å². The van der Waals surface area contributed by atoms with E-state index >= 15 is 0 Å². The van der Waals surface area contributed by atoms with Crippen molar-refractivity contribution in [1.29, 1.82) is 0 Å². The first kappa shape index (κ1) is 31.0. The molecule has 0 amide bonds. The van der Waals surface area contributed by atoms with Gasteiger partial charge in [-0.25, -0.2) is 0 Å². The Kier molecular flexibility index (Phi) is 7.05. The second kappa shape index (κ2) is 9.76. The van der Waals surface area contributed by atoms with Crippen LogP contribution in [0.4, 0.5) is 0 Å². The Morgan fingerprint density at radius 1 is 0.953 bits per heavy atom. The van der Waals surface area contributed by atoms with Gasteiger partial charge in [0.1, 0.15) is 17.8 Å². The van der Waals surface area contributed by atoms with E-state index < -0.39 is 40.9 Å². The Bertz CT molecular complexity index is 1240. The number of carbonyl (C=O) groups is 3. The third-order valence-electron chi connectivity index (χ3n) is 12.8. The van der Waals surface area contributed by atoms with Gasteiger partial charge in [-0.05, 0) is 77.0 Å². The molecule has 3 aliphatic heterocycles. The highest BCUT2D eigenvalue weighted by Crippen LogP contribution is 2.72. The van der Waals surface area contributed by atoms with Crippen molar-refractivity contribution in [3.8, 4) is 0 Å². The summed E-state index contributed by atoms with van der Waals surface area (Å²) in [6.45, 7) is 17.4. The van der Waals surface area contributed by atoms with Gasteiger partial charge in [0.05, 0.1) is 24.2 Å². The van der Waals surface area contributed by atoms with Crippen LogP contribution in [0.1, 0.15) is 101 Å². The van der Waals surface area contributed by atoms with Crippen LogP contribution in [-0.2, 0) is 38.1 Å². The highest BCUT2D eigenvalue weighted by atomic mass is 16.7. The number of epoxide rings is 1. The van der Waals surface area contributed by atoms with E-state index in [4.69, 9.17) is 23.7 Å². The van der Waals surface area contributed by atoms with E-state index in [1.807, 2.05) is 13.8 Å². The maximum absolute atomic E-state index is 13.0. The highest BCUT2D eigenvalue weighted by molar-refractivity contribution is 5.73. The van der Waals surface area contributed by atoms with Gasteiger partial charge >= 0.3 is 17.9 Å². The molecule has 5 fully saturated rings. The summed E-state index contributed by atoms with van der Waals surface area (Å²) in [5, 5.41) is 12.1. The molecule has 0 unspecified atom stereocenters. The number of aliphatic hydroxyl groups is 1. The maximum Gasteiger partial charge on any atom is 0.310 e. The normalized spacial score (nSPS) is 49.4. The minimum atomic E-state index is -0.831. The fraction of sp³-hybridized carbons (Fsp3) is 0.853. The molecule has 1 N–H and O–H groups in total. The van der Waals surface area contributed by atoms with E-state index in [9.17, 15) is 19.5 Å². The van der Waals surface area contributed by atoms with Crippen LogP contribution in [0, 0.1) is 39.9 Å². The number of allylic oxidation sites excluding steroid dienone is 1. The van der Waals surface area contributed by atoms with Crippen LogP contribution in [-0.4, -0.2) is 64.9 Å². The smallest absolute Gasteiger partial charge is 0.310 e. The van der Waals surface area contributed by atoms with E-state index in [1.54, 1.807) is 0 Å². The number of fused-ring (bicyclic) bond motifs is 5. The summed E-state index contributed by atoms with van der Waals surface area (Å²) in [6, 6.07) is 0. The summed E-state index contributed by atoms with van der Waals surface area (Å²) in [4.78, 5) is 37.5. The van der Waals surface area contributed by atoms with E-state index in [-0.39, 0.29) is 65.3 Å². The molecule has 9 heteroatoms. The van der Waals surface area contributed by atoms with E-state index in [0.717, 1.165) is 25.7 Å². The van der Waals surface area contributed by atoms with Crippen LogP contribution in [0.2, 0.25) is 0 Å². The minimum absolute atomic E-state index is 0.00206. The number of aliphatic hydroxyl groups excluding tert-OH is 1. The molecule has 0 aromatic carbocycles. The summed E-state index contributed by atoms with van der Waals surface area (Å²) in [5.74, 6) is -1.25. The van der Waals surface area contributed by atoms with E-state index in [2.05, 4.69) is 40.7 Å². The van der Waals surface area contributed by atoms with Gasteiger partial charge in [-0.15, -0.1) is 0 Å². The molecule has 3 heterocycles. The van der Waals surface area contributed by atoms with Gasteiger partial charge in [-0.1, -0.05) is 32.4 Å². The average molecular weight is 603 g/mol. The molecule has 2 saturated carbocycles. The van der Waals surface area contributed by atoms with Gasteiger partial charge in [-0.2, -0.15) is 0 Å². The molecule has 0 aromatic rings. The number of hydrogen-bond acceptors (Lipinski definition) is 9. The molecule has 6 rings (SSSR count). The van der Waals surface area contributed by atoms with Crippen molar-refractivity contribution in [3.63, 3.8) is 0 Å². The molecule has 240 valence electrons. The van der Waals surface area contributed by atoms with Gasteiger partial charge in [0.2, 0.25) is 6.29 Å². The molecule has 0 aromatic heterocycles. The predicted molar refractivity (Wildman–Crippen MR) is 155 cm³/mol. The number of ether oxygens (including phenoxy) is 5. The standard InChI is InChI=1S/C34H50O9/c1-17(35)39-26-16-27(38)42-30(3,4)24-15-25(37)33(8)22-11-10-20(32(22,7)13-12-23(33)34(24,26)9)19-14-21(28-31(5,6)43-28)41-29(19)40-18(2)36/h11,19-21,23-26,28-29,37H,10,12-16H2,1-9H3/t19-,20-,21+,23-,24-,25+,26-,28-,29+,32-,33-,34+/m0/s1. The topological polar surface area (TPSA) is 121 Å². The van der Waals surface area contributed by atoms with Gasteiger partial charge in [0.15, 0.2) is 0 Å². The summed E-state index contributed by atoms with van der Waals surface area (Å²) < 4.78 is 30.0. The zero-order valence-corrected chi connectivity index (χ0v) is 27.2. The van der Waals surface area contributed by atoms with Gasteiger partial charge in [0.25, 0.3) is 0 Å². The molecule has 0 spiro atoms. The van der Waals surface area contributed by atoms with Crippen LogP contribution in [0.5, 0.6) is 0 Å². The van der Waals surface area contributed by atoms with Crippen molar-refractivity contribution >= 4 is 17.9 Å². The number of hydrogen-bond donors (Lipinski definition) is 1. The zero-order chi connectivity index (χ0) is 31.5. The number of esters is 3. The fourth-order valence-electron chi connectivity index (χ4n) is 11.0. The average Bonchev–Trinajstić information content (AvgIpc) is 3.17. The summed E-state index contributed by atoms with van der Waals surface area (Å²) in [5.41, 5.74) is -1.30. The molecule has 0 bridgehead atoms. The van der Waals surface area contributed by atoms with Crippen molar-refractivity contribution in [2.24, 2.45) is 39.9 Å². The lowest BCUT2D eigenvalue weighted by Gasteiger charge is -2.66. The van der Waals surface area contributed by atoms with Crippen molar-refractivity contribution in [1.82, 2.24) is 0 Å². The number of rotatable bonds is 4. The first-order chi connectivity index (χ1) is 19.9. The van der Waals surface area contributed by atoms with Crippen molar-refractivity contribution < 1.29 is 43.2 Å². The summed E-state index contributed by atoms with van der Waals surface area (Å²) >= 11 is 0. The third kappa shape index (κ3) is 4.53. The van der Waals surface area contributed by atoms with Gasteiger partial charge in [0, 0.05) is 36.5 Å². The Morgan fingerprint density at radius 3 is 2.21 bits per heavy atom. The lowest BCUT2D eigenvalue weighted by Crippen LogP contribution is -2.66. The van der Waals surface area contributed by atoms with Crippen LogP contribution in [0.25, 0.3) is 0 Å². The largest absolute Gasteiger partial charge is 0.461 e. The Morgan fingerprint density at radius 2 is 1.60 bits per heavy atom. The second-order valence-corrected chi connectivity index (χ2v) is 16.0. The first-order valence-electron chi connectivity index (χ1n) is 16.1. The highest BCUT2D eigenvalue weighted by Gasteiger charge is 2.71. The van der Waals surface area contributed by atoms with Crippen molar-refractivity contribution in [3.05, 3.63) is 11.6 Å². The Labute approximate surface area is 255 Å². The zero-order valence-electron chi connectivity index (χ0n) is 27.2. The lowest BCUT2D eigenvalue weighted by atomic mass is 9.39. The molecule has 9 nitrogen and oxygen atoms in total. The van der Waals surface area contributed by atoms with E-state index in [0.29, 0.717) is 6.42 Å². The number of cyclic esters (lactones) is 1. The van der Waals surface area contributed by atoms with Crippen molar-refractivity contribution in [2.75, 3.05) is 0 Å². The number of carbonyl (C=O) groups excluding carboxylic acids is 3.